The SMILES string of the molecule is CCc1cc(-c2ccc(C(=O)O)s2)c(CC)cc1-c1ccc(OC=O)s1. The van der Waals surface area contributed by atoms with Gasteiger partial charge >= 0.3 is 5.97 Å². The second-order valence-corrected chi connectivity index (χ2v) is 7.81. The van der Waals surface area contributed by atoms with Crippen LogP contribution in [0.3, 0.4) is 0 Å². The minimum Gasteiger partial charge on any atom is -0.477 e. The van der Waals surface area contributed by atoms with Crippen LogP contribution in [0.1, 0.15) is 34.6 Å². The Balaban J connectivity index is 2.10. The van der Waals surface area contributed by atoms with Crippen LogP contribution in [0.15, 0.2) is 36.4 Å². The van der Waals surface area contributed by atoms with Crippen LogP contribution in [0, 0.1) is 0 Å². The lowest BCUT2D eigenvalue weighted by molar-refractivity contribution is -0.120. The highest BCUT2D eigenvalue weighted by Gasteiger charge is 2.16. The van der Waals surface area contributed by atoms with E-state index < -0.39 is 5.97 Å². The highest BCUT2D eigenvalue weighted by atomic mass is 32.1. The number of aryl methyl sites for hydroxylation is 2. The van der Waals surface area contributed by atoms with Crippen LogP contribution in [-0.4, -0.2) is 17.5 Å². The van der Waals surface area contributed by atoms with Crippen LogP contribution in [0.4, 0.5) is 0 Å². The summed E-state index contributed by atoms with van der Waals surface area (Å²) in [5, 5.41) is 9.76. The van der Waals surface area contributed by atoms with E-state index in [9.17, 15) is 14.7 Å². The van der Waals surface area contributed by atoms with Gasteiger partial charge < -0.3 is 9.84 Å². The molecular weight excluding hydrogens is 368 g/mol. The molecule has 0 spiro atoms. The number of carbonyl (C=O) groups excluding carboxylic acids is 1. The first-order valence-electron chi connectivity index (χ1n) is 8.27. The molecule has 134 valence electrons. The molecule has 0 amide bonds. The van der Waals surface area contributed by atoms with Crippen molar-refractivity contribution in [1.82, 2.24) is 0 Å². The Morgan fingerprint density at radius 3 is 2.08 bits per heavy atom. The molecular formula is C20H18O4S2. The quantitative estimate of drug-likeness (QED) is 0.545. The van der Waals surface area contributed by atoms with Crippen molar-refractivity contribution in [1.29, 1.82) is 0 Å². The van der Waals surface area contributed by atoms with Crippen LogP contribution in [0.25, 0.3) is 20.9 Å². The van der Waals surface area contributed by atoms with Gasteiger partial charge in [0.05, 0.1) is 0 Å². The normalized spacial score (nSPS) is 10.7. The Labute approximate surface area is 159 Å². The lowest BCUT2D eigenvalue weighted by atomic mass is 9.94. The number of benzene rings is 1. The fraction of sp³-hybridized carbons (Fsp3) is 0.200. The molecule has 1 N–H and O–H groups in total. The molecule has 0 atom stereocenters. The van der Waals surface area contributed by atoms with E-state index in [-0.39, 0.29) is 0 Å². The van der Waals surface area contributed by atoms with Gasteiger partial charge in [-0.15, -0.1) is 11.3 Å². The van der Waals surface area contributed by atoms with Gasteiger partial charge in [0.2, 0.25) is 0 Å². The summed E-state index contributed by atoms with van der Waals surface area (Å²) in [5.41, 5.74) is 4.57. The predicted molar refractivity (Wildman–Crippen MR) is 105 cm³/mol. The summed E-state index contributed by atoms with van der Waals surface area (Å²) >= 11 is 2.74. The van der Waals surface area contributed by atoms with Crippen molar-refractivity contribution < 1.29 is 19.4 Å². The van der Waals surface area contributed by atoms with E-state index in [0.29, 0.717) is 16.4 Å². The molecule has 0 bridgehead atoms. The maximum absolute atomic E-state index is 11.2. The summed E-state index contributed by atoms with van der Waals surface area (Å²) in [4.78, 5) is 24.1. The van der Waals surface area contributed by atoms with E-state index in [1.807, 2.05) is 12.1 Å². The van der Waals surface area contributed by atoms with E-state index in [1.165, 1.54) is 33.8 Å². The maximum Gasteiger partial charge on any atom is 0.345 e. The standard InChI is InChI=1S/C20H18O4S2/c1-3-12-10-15(17-7-8-19(26-17)24-11-21)13(4-2)9-14(12)16-5-6-18(25-16)20(22)23/h5-11H,3-4H2,1-2H3,(H,22,23). The van der Waals surface area contributed by atoms with Gasteiger partial charge in [-0.05, 0) is 71.5 Å². The van der Waals surface area contributed by atoms with Crippen LogP contribution in [0.5, 0.6) is 5.06 Å². The number of hydrogen-bond donors (Lipinski definition) is 1. The average Bonchev–Trinajstić information content (AvgIpc) is 3.30. The largest absolute Gasteiger partial charge is 0.477 e. The molecule has 3 rings (SSSR count). The number of rotatable bonds is 7. The van der Waals surface area contributed by atoms with Crippen molar-refractivity contribution in [2.75, 3.05) is 0 Å². The van der Waals surface area contributed by atoms with Crippen LogP contribution >= 0.6 is 22.7 Å². The second kappa shape index (κ2) is 7.85. The van der Waals surface area contributed by atoms with Crippen molar-refractivity contribution in [2.45, 2.75) is 26.7 Å². The van der Waals surface area contributed by atoms with Gasteiger partial charge in [0.15, 0.2) is 5.06 Å². The zero-order valence-electron chi connectivity index (χ0n) is 14.4. The van der Waals surface area contributed by atoms with E-state index >= 15 is 0 Å². The first kappa shape index (κ1) is 18.4. The van der Waals surface area contributed by atoms with Crippen LogP contribution in [-0.2, 0) is 17.6 Å². The number of hydrogen-bond acceptors (Lipinski definition) is 5. The summed E-state index contributed by atoms with van der Waals surface area (Å²) < 4.78 is 4.94. The minimum absolute atomic E-state index is 0.345. The van der Waals surface area contributed by atoms with Gasteiger partial charge in [-0.1, -0.05) is 25.2 Å². The van der Waals surface area contributed by atoms with Crippen molar-refractivity contribution in [3.8, 4) is 25.9 Å². The zero-order chi connectivity index (χ0) is 18.7. The molecule has 0 unspecified atom stereocenters. The van der Waals surface area contributed by atoms with Crippen LogP contribution < -0.4 is 4.74 Å². The summed E-state index contributed by atoms with van der Waals surface area (Å²) in [5.74, 6) is -0.895. The predicted octanol–water partition coefficient (Wildman–Crippen LogP) is 5.50. The molecule has 3 aromatic rings. The van der Waals surface area contributed by atoms with E-state index in [1.54, 1.807) is 12.1 Å². The van der Waals surface area contributed by atoms with Crippen molar-refractivity contribution in [3.63, 3.8) is 0 Å². The summed E-state index contributed by atoms with van der Waals surface area (Å²) in [7, 11) is 0. The third-order valence-corrected chi connectivity index (χ3v) is 6.30. The third kappa shape index (κ3) is 3.57. The number of ether oxygens (including phenoxy) is 1. The third-order valence-electron chi connectivity index (χ3n) is 4.18. The molecule has 0 saturated heterocycles. The first-order valence-corrected chi connectivity index (χ1v) is 9.90. The molecule has 0 aliphatic heterocycles. The molecule has 0 aliphatic rings. The first-order chi connectivity index (χ1) is 12.6. The smallest absolute Gasteiger partial charge is 0.345 e. The van der Waals surface area contributed by atoms with Gasteiger partial charge in [-0.25, -0.2) is 4.79 Å². The number of carboxylic acid groups (broad SMARTS) is 1. The number of thiophene rings is 2. The van der Waals surface area contributed by atoms with Gasteiger partial charge in [-0.3, -0.25) is 4.79 Å². The maximum atomic E-state index is 11.2. The summed E-state index contributed by atoms with van der Waals surface area (Å²) in [6.45, 7) is 4.63. The molecule has 2 aromatic heterocycles. The van der Waals surface area contributed by atoms with E-state index in [2.05, 4.69) is 26.0 Å². The minimum atomic E-state index is -0.895. The number of aromatic carboxylic acids is 1. The molecule has 0 aliphatic carbocycles. The Kier molecular flexibility index (Phi) is 5.54. The van der Waals surface area contributed by atoms with Gasteiger partial charge in [0.25, 0.3) is 6.47 Å². The Morgan fingerprint density at radius 1 is 1.00 bits per heavy atom. The Bertz CT molecular complexity index is 953. The molecule has 0 radical (unpaired) electrons. The Morgan fingerprint density at radius 2 is 1.58 bits per heavy atom. The molecule has 0 saturated carbocycles. The number of carbonyl (C=O) groups is 2. The topological polar surface area (TPSA) is 63.6 Å². The zero-order valence-corrected chi connectivity index (χ0v) is 16.1. The lowest BCUT2D eigenvalue weighted by Gasteiger charge is -2.13. The van der Waals surface area contributed by atoms with Crippen LogP contribution in [0.2, 0.25) is 0 Å². The second-order valence-electron chi connectivity index (χ2n) is 5.68. The lowest BCUT2D eigenvalue weighted by Crippen LogP contribution is -1.94. The van der Waals surface area contributed by atoms with Gasteiger partial charge in [0.1, 0.15) is 4.88 Å². The van der Waals surface area contributed by atoms with E-state index in [0.717, 1.165) is 33.7 Å². The van der Waals surface area contributed by atoms with E-state index in [4.69, 9.17) is 4.74 Å². The van der Waals surface area contributed by atoms with Gasteiger partial charge in [0, 0.05) is 9.75 Å². The molecule has 0 fully saturated rings. The molecule has 1 aromatic carbocycles. The molecule has 6 heteroatoms. The summed E-state index contributed by atoms with van der Waals surface area (Å²) in [6.07, 6.45) is 1.70. The fourth-order valence-corrected chi connectivity index (χ4v) is 4.68. The average molecular weight is 386 g/mol. The highest BCUT2D eigenvalue weighted by Crippen LogP contribution is 2.39. The summed E-state index contributed by atoms with van der Waals surface area (Å²) in [6, 6.07) is 11.6. The molecule has 4 nitrogen and oxygen atoms in total. The monoisotopic (exact) mass is 386 g/mol. The fourth-order valence-electron chi connectivity index (χ4n) is 2.91. The number of carboxylic acids is 1. The van der Waals surface area contributed by atoms with Crippen molar-refractivity contribution >= 4 is 35.1 Å². The van der Waals surface area contributed by atoms with Crippen molar-refractivity contribution in [2.24, 2.45) is 0 Å². The van der Waals surface area contributed by atoms with Gasteiger partial charge in [-0.2, -0.15) is 0 Å². The molecule has 2 heterocycles. The highest BCUT2D eigenvalue weighted by molar-refractivity contribution is 7.17. The molecule has 26 heavy (non-hydrogen) atoms. The Hall–Kier alpha value is -2.44. The van der Waals surface area contributed by atoms with Crippen molar-refractivity contribution in [3.05, 3.63) is 52.4 Å².